The van der Waals surface area contributed by atoms with Crippen molar-refractivity contribution in [2.75, 3.05) is 5.73 Å². The number of hydrogen-bond donors (Lipinski definition) is 1. The molecule has 0 fully saturated rings. The summed E-state index contributed by atoms with van der Waals surface area (Å²) in [6.07, 6.45) is 0. The summed E-state index contributed by atoms with van der Waals surface area (Å²) < 4.78 is 1.47. The molecule has 0 atom stereocenters. The van der Waals surface area contributed by atoms with Crippen LogP contribution >= 0.6 is 0 Å². The summed E-state index contributed by atoms with van der Waals surface area (Å²) in [5.41, 5.74) is 10.5. The second-order valence-corrected chi connectivity index (χ2v) is 5.48. The van der Waals surface area contributed by atoms with E-state index in [4.69, 9.17) is 5.73 Å². The summed E-state index contributed by atoms with van der Waals surface area (Å²) in [6, 6.07) is 11.5. The molecule has 2 N–H and O–H groups in total. The first-order valence-corrected chi connectivity index (χ1v) is 6.83. The van der Waals surface area contributed by atoms with Crippen LogP contribution in [0.25, 0.3) is 16.6 Å². The van der Waals surface area contributed by atoms with E-state index in [0.717, 1.165) is 22.4 Å². The van der Waals surface area contributed by atoms with E-state index in [1.807, 2.05) is 51.1 Å². The van der Waals surface area contributed by atoms with E-state index in [2.05, 4.69) is 11.1 Å². The summed E-state index contributed by atoms with van der Waals surface area (Å²) in [6.45, 7) is 5.95. The van der Waals surface area contributed by atoms with Gasteiger partial charge in [0.2, 0.25) is 5.95 Å². The number of anilines is 1. The van der Waals surface area contributed by atoms with Gasteiger partial charge in [0.05, 0.1) is 16.6 Å². The third-order valence-electron chi connectivity index (χ3n) is 3.51. The Morgan fingerprint density at radius 2 is 1.62 bits per heavy atom. The number of aryl methyl sites for hydroxylation is 3. The molecule has 4 nitrogen and oxygen atoms in total. The van der Waals surface area contributed by atoms with Crippen molar-refractivity contribution in [3.8, 4) is 5.69 Å². The van der Waals surface area contributed by atoms with Gasteiger partial charge in [-0.3, -0.25) is 4.79 Å². The van der Waals surface area contributed by atoms with Crippen LogP contribution in [0.5, 0.6) is 0 Å². The lowest BCUT2D eigenvalue weighted by Crippen LogP contribution is -2.23. The molecule has 1 heterocycles. The van der Waals surface area contributed by atoms with Gasteiger partial charge in [0, 0.05) is 0 Å². The zero-order valence-corrected chi connectivity index (χ0v) is 12.3. The van der Waals surface area contributed by atoms with Gasteiger partial charge in [-0.1, -0.05) is 17.7 Å². The van der Waals surface area contributed by atoms with Crippen LogP contribution in [0.1, 0.15) is 16.7 Å². The van der Waals surface area contributed by atoms with Crippen molar-refractivity contribution in [2.45, 2.75) is 20.8 Å². The lowest BCUT2D eigenvalue weighted by atomic mass is 10.1. The van der Waals surface area contributed by atoms with Crippen LogP contribution in [0.4, 0.5) is 5.95 Å². The molecule has 21 heavy (non-hydrogen) atoms. The lowest BCUT2D eigenvalue weighted by Gasteiger charge is -2.12. The lowest BCUT2D eigenvalue weighted by molar-refractivity contribution is 0.977. The van der Waals surface area contributed by atoms with Gasteiger partial charge >= 0.3 is 0 Å². The summed E-state index contributed by atoms with van der Waals surface area (Å²) in [5.74, 6) is 0.210. The molecule has 0 spiro atoms. The maximum atomic E-state index is 12.8. The van der Waals surface area contributed by atoms with Crippen molar-refractivity contribution < 1.29 is 0 Å². The van der Waals surface area contributed by atoms with E-state index >= 15 is 0 Å². The van der Waals surface area contributed by atoms with Gasteiger partial charge in [-0.05, 0) is 56.2 Å². The van der Waals surface area contributed by atoms with Crippen LogP contribution < -0.4 is 11.3 Å². The smallest absolute Gasteiger partial charge is 0.267 e. The van der Waals surface area contributed by atoms with Gasteiger partial charge < -0.3 is 5.73 Å². The van der Waals surface area contributed by atoms with Gasteiger partial charge in [0.15, 0.2) is 0 Å². The van der Waals surface area contributed by atoms with Crippen molar-refractivity contribution >= 4 is 16.9 Å². The molecule has 0 aliphatic rings. The van der Waals surface area contributed by atoms with Gasteiger partial charge in [-0.2, -0.15) is 0 Å². The van der Waals surface area contributed by atoms with Crippen molar-refractivity contribution in [2.24, 2.45) is 0 Å². The highest BCUT2D eigenvalue weighted by Gasteiger charge is 2.11. The third kappa shape index (κ3) is 2.29. The number of hydrogen-bond acceptors (Lipinski definition) is 3. The Hall–Kier alpha value is -2.62. The molecule has 2 aromatic carbocycles. The minimum atomic E-state index is -0.133. The highest BCUT2D eigenvalue weighted by Crippen LogP contribution is 2.17. The van der Waals surface area contributed by atoms with Gasteiger partial charge in [-0.15, -0.1) is 0 Å². The summed E-state index contributed by atoms with van der Waals surface area (Å²) >= 11 is 0. The van der Waals surface area contributed by atoms with Gasteiger partial charge in [0.1, 0.15) is 0 Å². The monoisotopic (exact) mass is 279 g/mol. The first kappa shape index (κ1) is 13.4. The van der Waals surface area contributed by atoms with Crippen molar-refractivity contribution in [1.29, 1.82) is 0 Å². The van der Waals surface area contributed by atoms with Crippen LogP contribution in [0.2, 0.25) is 0 Å². The molecule has 0 radical (unpaired) electrons. The topological polar surface area (TPSA) is 60.9 Å². The third-order valence-corrected chi connectivity index (χ3v) is 3.51. The highest BCUT2D eigenvalue weighted by molar-refractivity contribution is 5.80. The zero-order chi connectivity index (χ0) is 15.1. The van der Waals surface area contributed by atoms with E-state index in [0.29, 0.717) is 10.9 Å². The molecular weight excluding hydrogens is 262 g/mol. The molecule has 0 saturated heterocycles. The largest absolute Gasteiger partial charge is 0.369 e. The predicted molar refractivity (Wildman–Crippen MR) is 86.0 cm³/mol. The maximum Gasteiger partial charge on any atom is 0.267 e. The Labute approximate surface area is 122 Å². The summed E-state index contributed by atoms with van der Waals surface area (Å²) in [7, 11) is 0. The highest BCUT2D eigenvalue weighted by atomic mass is 16.1. The molecule has 0 amide bonds. The molecule has 0 bridgehead atoms. The zero-order valence-electron chi connectivity index (χ0n) is 12.3. The second-order valence-electron chi connectivity index (χ2n) is 5.48. The number of fused-ring (bicyclic) bond motifs is 1. The molecule has 0 aliphatic carbocycles. The Morgan fingerprint density at radius 1 is 0.952 bits per heavy atom. The molecule has 0 saturated carbocycles. The number of aromatic nitrogens is 2. The number of nitrogen functional groups attached to an aromatic ring is 1. The van der Waals surface area contributed by atoms with E-state index in [1.165, 1.54) is 4.57 Å². The minimum absolute atomic E-state index is 0.133. The van der Waals surface area contributed by atoms with Crippen LogP contribution in [0.3, 0.4) is 0 Å². The average molecular weight is 279 g/mol. The molecule has 4 heteroatoms. The Bertz CT molecular complexity index is 890. The number of nitrogens with zero attached hydrogens (tertiary/aromatic N) is 2. The van der Waals surface area contributed by atoms with E-state index in [1.54, 1.807) is 0 Å². The quantitative estimate of drug-likeness (QED) is 0.745. The van der Waals surface area contributed by atoms with E-state index in [9.17, 15) is 4.79 Å². The second kappa shape index (κ2) is 4.74. The Morgan fingerprint density at radius 3 is 2.29 bits per heavy atom. The Kier molecular flexibility index (Phi) is 3.01. The van der Waals surface area contributed by atoms with E-state index < -0.39 is 0 Å². The molecule has 0 aliphatic heterocycles. The first-order valence-electron chi connectivity index (χ1n) is 6.83. The first-order chi connectivity index (χ1) is 9.95. The SMILES string of the molecule is Cc1cc(C)cc(-n2c(N)nc3ccc(C)cc3c2=O)c1. The minimum Gasteiger partial charge on any atom is -0.369 e. The number of benzene rings is 2. The van der Waals surface area contributed by atoms with E-state index in [-0.39, 0.29) is 11.5 Å². The fourth-order valence-corrected chi connectivity index (χ4v) is 2.65. The Balaban J connectivity index is 2.39. The number of nitrogens with two attached hydrogens (primary N) is 1. The van der Waals surface area contributed by atoms with Crippen LogP contribution in [-0.4, -0.2) is 9.55 Å². The molecular formula is C17H17N3O. The summed E-state index contributed by atoms with van der Waals surface area (Å²) in [5, 5.41) is 0.586. The maximum absolute atomic E-state index is 12.8. The summed E-state index contributed by atoms with van der Waals surface area (Å²) in [4.78, 5) is 17.1. The molecule has 0 unspecified atom stereocenters. The van der Waals surface area contributed by atoms with Crippen LogP contribution in [-0.2, 0) is 0 Å². The van der Waals surface area contributed by atoms with Crippen molar-refractivity contribution in [3.05, 3.63) is 63.4 Å². The fourth-order valence-electron chi connectivity index (χ4n) is 2.65. The molecule has 106 valence electrons. The normalized spacial score (nSPS) is 11.0. The number of rotatable bonds is 1. The van der Waals surface area contributed by atoms with Crippen LogP contribution in [0, 0.1) is 20.8 Å². The average Bonchev–Trinajstić information content (AvgIpc) is 2.39. The standard InChI is InChI=1S/C17H17N3O/c1-10-4-5-15-14(9-10)16(21)20(17(18)19-15)13-7-11(2)6-12(3)8-13/h4-9H,1-3H3,(H2,18,19). The molecule has 3 aromatic rings. The molecule has 1 aromatic heterocycles. The van der Waals surface area contributed by atoms with Crippen molar-refractivity contribution in [3.63, 3.8) is 0 Å². The predicted octanol–water partition coefficient (Wildman–Crippen LogP) is 2.89. The fraction of sp³-hybridized carbons (Fsp3) is 0.176. The van der Waals surface area contributed by atoms with Gasteiger partial charge in [0.25, 0.3) is 5.56 Å². The van der Waals surface area contributed by atoms with Crippen LogP contribution in [0.15, 0.2) is 41.2 Å². The van der Waals surface area contributed by atoms with Crippen molar-refractivity contribution in [1.82, 2.24) is 9.55 Å². The van der Waals surface area contributed by atoms with Gasteiger partial charge in [-0.25, -0.2) is 9.55 Å². The molecule has 3 rings (SSSR count).